The van der Waals surface area contributed by atoms with Crippen molar-refractivity contribution in [1.82, 2.24) is 5.32 Å². The van der Waals surface area contributed by atoms with E-state index in [0.717, 1.165) is 5.56 Å². The number of benzene rings is 1. The molecule has 0 amide bonds. The van der Waals surface area contributed by atoms with E-state index in [1.807, 2.05) is 32.7 Å². The molecule has 1 atom stereocenters. The molecular weight excluding hydrogens is 240 g/mol. The molecule has 0 aromatic heterocycles. The van der Waals surface area contributed by atoms with Gasteiger partial charge in [0.15, 0.2) is 0 Å². The van der Waals surface area contributed by atoms with Crippen molar-refractivity contribution in [2.24, 2.45) is 5.41 Å². The van der Waals surface area contributed by atoms with Gasteiger partial charge < -0.3 is 5.32 Å². The molecule has 18 heavy (non-hydrogen) atoms. The summed E-state index contributed by atoms with van der Waals surface area (Å²) < 4.78 is 0. The Bertz CT molecular complexity index is 415. The zero-order valence-electron chi connectivity index (χ0n) is 11.8. The molecule has 1 aromatic carbocycles. The highest BCUT2D eigenvalue weighted by atomic mass is 32.2. The van der Waals surface area contributed by atoms with Crippen LogP contribution in [0.3, 0.4) is 0 Å². The van der Waals surface area contributed by atoms with Crippen molar-refractivity contribution in [3.05, 3.63) is 29.8 Å². The van der Waals surface area contributed by atoms with E-state index < -0.39 is 5.41 Å². The highest BCUT2D eigenvalue weighted by Gasteiger charge is 2.29. The van der Waals surface area contributed by atoms with Crippen LogP contribution in [0.25, 0.3) is 0 Å². The fourth-order valence-corrected chi connectivity index (χ4v) is 2.86. The second kappa shape index (κ2) is 6.26. The molecule has 0 heterocycles. The van der Waals surface area contributed by atoms with Gasteiger partial charge in [-0.15, -0.1) is 11.8 Å². The second-order valence-electron chi connectivity index (χ2n) is 5.29. The lowest BCUT2D eigenvalue weighted by Gasteiger charge is -2.28. The van der Waals surface area contributed by atoms with E-state index in [2.05, 4.69) is 49.5 Å². The summed E-state index contributed by atoms with van der Waals surface area (Å²) in [7, 11) is 1.90. The number of rotatable bonds is 5. The molecule has 0 aliphatic heterocycles. The van der Waals surface area contributed by atoms with Gasteiger partial charge in [0.2, 0.25) is 0 Å². The molecule has 2 nitrogen and oxygen atoms in total. The van der Waals surface area contributed by atoms with Gasteiger partial charge in [0.25, 0.3) is 0 Å². The van der Waals surface area contributed by atoms with Crippen LogP contribution in [0.1, 0.15) is 39.3 Å². The zero-order valence-corrected chi connectivity index (χ0v) is 12.6. The van der Waals surface area contributed by atoms with Crippen LogP contribution in [0.2, 0.25) is 0 Å². The largest absolute Gasteiger partial charge is 0.312 e. The van der Waals surface area contributed by atoms with Gasteiger partial charge in [0.1, 0.15) is 0 Å². The molecular formula is C15H22N2S. The fourth-order valence-electron chi connectivity index (χ4n) is 2.02. The first-order valence-electron chi connectivity index (χ1n) is 6.26. The third kappa shape index (κ3) is 3.76. The number of nitrogens with zero attached hydrogens (tertiary/aromatic N) is 1. The van der Waals surface area contributed by atoms with Crippen molar-refractivity contribution >= 4 is 11.8 Å². The Kier molecular flexibility index (Phi) is 5.25. The molecule has 3 heteroatoms. The van der Waals surface area contributed by atoms with Crippen LogP contribution < -0.4 is 5.32 Å². The highest BCUT2D eigenvalue weighted by molar-refractivity contribution is 7.99. The molecule has 1 unspecified atom stereocenters. The second-order valence-corrected chi connectivity index (χ2v) is 6.94. The van der Waals surface area contributed by atoms with Crippen molar-refractivity contribution < 1.29 is 0 Å². The first-order chi connectivity index (χ1) is 8.40. The standard InChI is InChI=1S/C15H22N2S/c1-11(2)18-13-8-6-12(7-9-13)14(17-5)15(3,4)10-16/h6-9,11,14,17H,1-5H3. The third-order valence-electron chi connectivity index (χ3n) is 2.88. The molecule has 0 fully saturated rings. The fraction of sp³-hybridized carbons (Fsp3) is 0.533. The molecule has 1 N–H and O–H groups in total. The Morgan fingerprint density at radius 2 is 1.78 bits per heavy atom. The summed E-state index contributed by atoms with van der Waals surface area (Å²) >= 11 is 1.85. The molecule has 0 aliphatic carbocycles. The Labute approximate surface area is 115 Å². The van der Waals surface area contributed by atoms with Crippen LogP contribution in [0.15, 0.2) is 29.2 Å². The topological polar surface area (TPSA) is 35.8 Å². The Balaban J connectivity index is 2.93. The lowest BCUT2D eigenvalue weighted by Crippen LogP contribution is -2.30. The summed E-state index contributed by atoms with van der Waals surface area (Å²) in [6.45, 7) is 8.30. The van der Waals surface area contributed by atoms with E-state index in [0.29, 0.717) is 5.25 Å². The van der Waals surface area contributed by atoms with E-state index >= 15 is 0 Å². The lowest BCUT2D eigenvalue weighted by atomic mass is 9.82. The quantitative estimate of drug-likeness (QED) is 0.815. The van der Waals surface area contributed by atoms with Gasteiger partial charge in [-0.1, -0.05) is 26.0 Å². The van der Waals surface area contributed by atoms with Crippen molar-refractivity contribution in [2.45, 2.75) is 43.9 Å². The van der Waals surface area contributed by atoms with Crippen LogP contribution >= 0.6 is 11.8 Å². The van der Waals surface area contributed by atoms with E-state index in [1.54, 1.807) is 0 Å². The monoisotopic (exact) mass is 262 g/mol. The van der Waals surface area contributed by atoms with E-state index in [9.17, 15) is 5.26 Å². The third-order valence-corrected chi connectivity index (χ3v) is 3.90. The number of nitrogens with one attached hydrogen (secondary N) is 1. The Morgan fingerprint density at radius 3 is 2.17 bits per heavy atom. The smallest absolute Gasteiger partial charge is 0.0712 e. The van der Waals surface area contributed by atoms with E-state index in [4.69, 9.17) is 0 Å². The molecule has 98 valence electrons. The SMILES string of the molecule is CNC(c1ccc(SC(C)C)cc1)C(C)(C)C#N. The zero-order chi connectivity index (χ0) is 13.8. The molecule has 0 aliphatic rings. The van der Waals surface area contributed by atoms with Crippen LogP contribution in [0.5, 0.6) is 0 Å². The van der Waals surface area contributed by atoms with Gasteiger partial charge in [0, 0.05) is 10.1 Å². The van der Waals surface area contributed by atoms with Gasteiger partial charge >= 0.3 is 0 Å². The van der Waals surface area contributed by atoms with Crippen LogP contribution in [0, 0.1) is 16.7 Å². The predicted molar refractivity (Wildman–Crippen MR) is 78.6 cm³/mol. The molecule has 0 saturated heterocycles. The van der Waals surface area contributed by atoms with Crippen molar-refractivity contribution in [1.29, 1.82) is 5.26 Å². The molecule has 0 spiro atoms. The molecule has 0 bridgehead atoms. The summed E-state index contributed by atoms with van der Waals surface area (Å²) in [5, 5.41) is 13.1. The maximum absolute atomic E-state index is 9.24. The minimum atomic E-state index is -0.415. The first-order valence-corrected chi connectivity index (χ1v) is 7.14. The van der Waals surface area contributed by atoms with Crippen molar-refractivity contribution in [2.75, 3.05) is 7.05 Å². The average Bonchev–Trinajstić information content (AvgIpc) is 2.31. The molecule has 1 aromatic rings. The summed E-state index contributed by atoms with van der Waals surface area (Å²) in [4.78, 5) is 1.28. The van der Waals surface area contributed by atoms with Gasteiger partial charge in [-0.25, -0.2) is 0 Å². The van der Waals surface area contributed by atoms with E-state index in [-0.39, 0.29) is 6.04 Å². The summed E-state index contributed by atoms with van der Waals surface area (Å²) in [6, 6.07) is 10.9. The Morgan fingerprint density at radius 1 is 1.22 bits per heavy atom. The average molecular weight is 262 g/mol. The van der Waals surface area contributed by atoms with Gasteiger partial charge in [-0.05, 0) is 38.6 Å². The normalized spacial score (nSPS) is 13.4. The van der Waals surface area contributed by atoms with Crippen LogP contribution in [-0.4, -0.2) is 12.3 Å². The lowest BCUT2D eigenvalue weighted by molar-refractivity contribution is 0.344. The maximum atomic E-state index is 9.24. The predicted octanol–water partition coefficient (Wildman–Crippen LogP) is 4.00. The Hall–Kier alpha value is -0.980. The molecule has 0 saturated carbocycles. The minimum Gasteiger partial charge on any atom is -0.312 e. The maximum Gasteiger partial charge on any atom is 0.0712 e. The van der Waals surface area contributed by atoms with Crippen LogP contribution in [0.4, 0.5) is 0 Å². The molecule has 0 radical (unpaired) electrons. The van der Waals surface area contributed by atoms with E-state index in [1.165, 1.54) is 4.90 Å². The minimum absolute atomic E-state index is 0.0561. The van der Waals surface area contributed by atoms with Crippen molar-refractivity contribution in [3.63, 3.8) is 0 Å². The number of hydrogen-bond donors (Lipinski definition) is 1. The van der Waals surface area contributed by atoms with Crippen LogP contribution in [-0.2, 0) is 0 Å². The highest BCUT2D eigenvalue weighted by Crippen LogP contribution is 2.33. The molecule has 1 rings (SSSR count). The number of hydrogen-bond acceptors (Lipinski definition) is 3. The van der Waals surface area contributed by atoms with Gasteiger partial charge in [0.05, 0.1) is 17.5 Å². The summed E-state index contributed by atoms with van der Waals surface area (Å²) in [5.41, 5.74) is 0.749. The van der Waals surface area contributed by atoms with Crippen molar-refractivity contribution in [3.8, 4) is 6.07 Å². The summed E-state index contributed by atoms with van der Waals surface area (Å²) in [5.74, 6) is 0. The van der Waals surface area contributed by atoms with Gasteiger partial charge in [-0.3, -0.25) is 0 Å². The van der Waals surface area contributed by atoms with Gasteiger partial charge in [-0.2, -0.15) is 5.26 Å². The first kappa shape index (κ1) is 15.1. The summed E-state index contributed by atoms with van der Waals surface area (Å²) in [6.07, 6.45) is 0. The number of nitriles is 1. The number of thioether (sulfide) groups is 1.